The maximum Gasteiger partial charge on any atom is 0.410 e. The minimum absolute atomic E-state index is 0.0299. The summed E-state index contributed by atoms with van der Waals surface area (Å²) in [5.74, 6) is 1.26. The molecular weight excluding hydrogens is 336 g/mol. The SMILES string of the molecule is CC(C)(C)OC(=O)N1CC[C@@H](CNCc2ccc3c(n2)NC(=O)CO3)C1. The summed E-state index contributed by atoms with van der Waals surface area (Å²) in [6.45, 7) is 8.46. The van der Waals surface area contributed by atoms with E-state index in [0.29, 0.717) is 30.6 Å². The van der Waals surface area contributed by atoms with E-state index in [9.17, 15) is 9.59 Å². The fourth-order valence-corrected chi connectivity index (χ4v) is 3.00. The van der Waals surface area contributed by atoms with Gasteiger partial charge in [-0.15, -0.1) is 0 Å². The Morgan fingerprint density at radius 2 is 2.27 bits per heavy atom. The smallest absolute Gasteiger partial charge is 0.410 e. The van der Waals surface area contributed by atoms with Crippen LogP contribution in [0, 0.1) is 5.92 Å². The van der Waals surface area contributed by atoms with Crippen LogP contribution in [-0.2, 0) is 16.1 Å². The number of aromatic nitrogens is 1. The average molecular weight is 362 g/mol. The van der Waals surface area contributed by atoms with Crippen LogP contribution in [0.25, 0.3) is 0 Å². The number of anilines is 1. The number of pyridine rings is 1. The van der Waals surface area contributed by atoms with E-state index in [4.69, 9.17) is 9.47 Å². The molecule has 3 heterocycles. The molecule has 8 nitrogen and oxygen atoms in total. The van der Waals surface area contributed by atoms with Crippen LogP contribution >= 0.6 is 0 Å². The predicted molar refractivity (Wildman–Crippen MR) is 96.0 cm³/mol. The zero-order valence-electron chi connectivity index (χ0n) is 15.5. The van der Waals surface area contributed by atoms with E-state index >= 15 is 0 Å². The molecule has 0 saturated carbocycles. The Morgan fingerprint density at radius 1 is 1.46 bits per heavy atom. The van der Waals surface area contributed by atoms with Gasteiger partial charge in [0.05, 0.1) is 5.69 Å². The van der Waals surface area contributed by atoms with Crippen molar-refractivity contribution in [3.63, 3.8) is 0 Å². The highest BCUT2D eigenvalue weighted by Gasteiger charge is 2.29. The molecule has 1 fully saturated rings. The molecule has 0 unspecified atom stereocenters. The molecule has 1 aromatic heterocycles. The van der Waals surface area contributed by atoms with Gasteiger partial charge < -0.3 is 25.0 Å². The van der Waals surface area contributed by atoms with Crippen molar-refractivity contribution in [3.05, 3.63) is 17.8 Å². The Kier molecular flexibility index (Phi) is 5.31. The average Bonchev–Trinajstić information content (AvgIpc) is 3.02. The molecule has 1 saturated heterocycles. The quantitative estimate of drug-likeness (QED) is 0.848. The molecular formula is C18H26N4O4. The largest absolute Gasteiger partial charge is 0.480 e. The maximum atomic E-state index is 12.1. The molecule has 1 atom stereocenters. The first-order chi connectivity index (χ1) is 12.3. The predicted octanol–water partition coefficient (Wildman–Crippen LogP) is 1.76. The van der Waals surface area contributed by atoms with Crippen LogP contribution in [0.4, 0.5) is 10.6 Å². The Morgan fingerprint density at radius 3 is 3.04 bits per heavy atom. The lowest BCUT2D eigenvalue weighted by Crippen LogP contribution is -2.36. The third-order valence-electron chi connectivity index (χ3n) is 4.21. The monoisotopic (exact) mass is 362 g/mol. The molecule has 3 rings (SSSR count). The van der Waals surface area contributed by atoms with Crippen molar-refractivity contribution in [2.75, 3.05) is 31.6 Å². The van der Waals surface area contributed by atoms with E-state index in [2.05, 4.69) is 15.6 Å². The molecule has 0 bridgehead atoms. The van der Waals surface area contributed by atoms with Crippen molar-refractivity contribution in [2.45, 2.75) is 39.3 Å². The molecule has 2 N–H and O–H groups in total. The van der Waals surface area contributed by atoms with Gasteiger partial charge in [0.25, 0.3) is 5.91 Å². The minimum atomic E-state index is -0.468. The third-order valence-corrected chi connectivity index (χ3v) is 4.21. The Hall–Kier alpha value is -2.35. The first-order valence-electron chi connectivity index (χ1n) is 8.91. The van der Waals surface area contributed by atoms with Crippen molar-refractivity contribution in [3.8, 4) is 5.75 Å². The number of rotatable bonds is 4. The summed E-state index contributed by atoms with van der Waals surface area (Å²) in [6.07, 6.45) is 0.709. The third kappa shape index (κ3) is 4.85. The van der Waals surface area contributed by atoms with E-state index in [-0.39, 0.29) is 18.6 Å². The van der Waals surface area contributed by atoms with Crippen LogP contribution < -0.4 is 15.4 Å². The summed E-state index contributed by atoms with van der Waals surface area (Å²) in [6, 6.07) is 3.70. The van der Waals surface area contributed by atoms with Gasteiger partial charge in [-0.05, 0) is 45.2 Å². The van der Waals surface area contributed by atoms with Crippen molar-refractivity contribution >= 4 is 17.8 Å². The molecule has 0 radical (unpaired) electrons. The second-order valence-corrected chi connectivity index (χ2v) is 7.70. The first kappa shape index (κ1) is 18.4. The van der Waals surface area contributed by atoms with Gasteiger partial charge in [0, 0.05) is 26.2 Å². The Labute approximate surface area is 153 Å². The number of carbonyl (C=O) groups is 2. The normalized spacial score (nSPS) is 19.6. The highest BCUT2D eigenvalue weighted by atomic mass is 16.6. The second kappa shape index (κ2) is 7.49. The van der Waals surface area contributed by atoms with Crippen LogP contribution in [0.1, 0.15) is 32.9 Å². The number of nitrogens with zero attached hydrogens (tertiary/aromatic N) is 2. The molecule has 26 heavy (non-hydrogen) atoms. The fourth-order valence-electron chi connectivity index (χ4n) is 3.00. The van der Waals surface area contributed by atoms with Gasteiger partial charge in [0.15, 0.2) is 18.2 Å². The molecule has 1 aromatic rings. The standard InChI is InChI=1S/C18H26N4O4/c1-18(2,3)26-17(24)22-7-6-12(10-22)8-19-9-13-4-5-14-16(20-13)21-15(23)11-25-14/h4-5,12,19H,6-11H2,1-3H3,(H,20,21,23)/t12-/m0/s1. The molecule has 2 aliphatic rings. The number of hydrogen-bond donors (Lipinski definition) is 2. The van der Waals surface area contributed by atoms with Crippen LogP contribution in [0.2, 0.25) is 0 Å². The van der Waals surface area contributed by atoms with Gasteiger partial charge in [-0.1, -0.05) is 0 Å². The lowest BCUT2D eigenvalue weighted by molar-refractivity contribution is -0.118. The van der Waals surface area contributed by atoms with Gasteiger partial charge in [-0.25, -0.2) is 9.78 Å². The van der Waals surface area contributed by atoms with Crippen LogP contribution in [-0.4, -0.2) is 53.7 Å². The van der Waals surface area contributed by atoms with Gasteiger partial charge in [-0.3, -0.25) is 4.79 Å². The molecule has 0 aliphatic carbocycles. The summed E-state index contributed by atoms with van der Waals surface area (Å²) in [5.41, 5.74) is 0.363. The number of carbonyl (C=O) groups excluding carboxylic acids is 2. The number of amides is 2. The van der Waals surface area contributed by atoms with E-state index in [1.807, 2.05) is 32.9 Å². The van der Waals surface area contributed by atoms with Crippen LogP contribution in [0.3, 0.4) is 0 Å². The Bertz CT molecular complexity index is 686. The number of nitrogens with one attached hydrogen (secondary N) is 2. The zero-order valence-corrected chi connectivity index (χ0v) is 15.5. The summed E-state index contributed by atoms with van der Waals surface area (Å²) in [7, 11) is 0. The lowest BCUT2D eigenvalue weighted by Gasteiger charge is -2.24. The summed E-state index contributed by atoms with van der Waals surface area (Å²) >= 11 is 0. The number of fused-ring (bicyclic) bond motifs is 1. The number of ether oxygens (including phenoxy) is 2. The molecule has 0 aromatic carbocycles. The molecule has 8 heteroatoms. The summed E-state index contributed by atoms with van der Waals surface area (Å²) < 4.78 is 10.7. The van der Waals surface area contributed by atoms with E-state index in [1.165, 1.54) is 0 Å². The van der Waals surface area contributed by atoms with E-state index < -0.39 is 5.60 Å². The van der Waals surface area contributed by atoms with Crippen molar-refractivity contribution in [1.82, 2.24) is 15.2 Å². The zero-order chi connectivity index (χ0) is 18.7. The van der Waals surface area contributed by atoms with E-state index in [1.54, 1.807) is 4.90 Å². The van der Waals surface area contributed by atoms with Crippen molar-refractivity contribution in [2.24, 2.45) is 5.92 Å². The van der Waals surface area contributed by atoms with Crippen LogP contribution in [0.15, 0.2) is 12.1 Å². The van der Waals surface area contributed by atoms with Crippen molar-refractivity contribution < 1.29 is 19.1 Å². The van der Waals surface area contributed by atoms with Gasteiger partial charge >= 0.3 is 6.09 Å². The first-order valence-corrected chi connectivity index (χ1v) is 8.91. The van der Waals surface area contributed by atoms with Crippen LogP contribution in [0.5, 0.6) is 5.75 Å². The lowest BCUT2D eigenvalue weighted by atomic mass is 10.1. The minimum Gasteiger partial charge on any atom is -0.480 e. The molecule has 0 spiro atoms. The number of hydrogen-bond acceptors (Lipinski definition) is 6. The van der Waals surface area contributed by atoms with Crippen molar-refractivity contribution in [1.29, 1.82) is 0 Å². The Balaban J connectivity index is 1.44. The second-order valence-electron chi connectivity index (χ2n) is 7.70. The highest BCUT2D eigenvalue weighted by Crippen LogP contribution is 2.25. The van der Waals surface area contributed by atoms with E-state index in [0.717, 1.165) is 25.2 Å². The fraction of sp³-hybridized carbons (Fsp3) is 0.611. The molecule has 2 amide bonds. The van der Waals surface area contributed by atoms with Gasteiger partial charge in [0.1, 0.15) is 5.60 Å². The number of likely N-dealkylation sites (tertiary alicyclic amines) is 1. The van der Waals surface area contributed by atoms with Gasteiger partial charge in [-0.2, -0.15) is 0 Å². The molecule has 2 aliphatic heterocycles. The highest BCUT2D eigenvalue weighted by molar-refractivity contribution is 5.94. The summed E-state index contributed by atoms with van der Waals surface area (Å²) in [4.78, 5) is 29.6. The molecule has 142 valence electrons. The maximum absolute atomic E-state index is 12.1. The topological polar surface area (TPSA) is 92.8 Å². The summed E-state index contributed by atoms with van der Waals surface area (Å²) in [5, 5.41) is 6.08. The van der Waals surface area contributed by atoms with Gasteiger partial charge in [0.2, 0.25) is 0 Å².